The SMILES string of the molecule is N#CB1CCN(CCOCCN2CCNCC2)CC1. The van der Waals surface area contributed by atoms with Gasteiger partial charge in [-0.3, -0.25) is 4.90 Å². The van der Waals surface area contributed by atoms with Crippen molar-refractivity contribution in [2.75, 3.05) is 65.6 Å². The Bertz CT molecular complexity index is 283. The van der Waals surface area contributed by atoms with Crippen LogP contribution in [0, 0.1) is 11.2 Å². The molecule has 2 aliphatic heterocycles. The van der Waals surface area contributed by atoms with Crippen LogP contribution in [0.25, 0.3) is 0 Å². The quantitative estimate of drug-likeness (QED) is 0.531. The molecule has 0 bridgehead atoms. The molecule has 6 heteroatoms. The lowest BCUT2D eigenvalue weighted by Crippen LogP contribution is -2.44. The second kappa shape index (κ2) is 8.54. The Hall–Kier alpha value is -0.605. The molecule has 0 aromatic rings. The predicted octanol–water partition coefficient (Wildman–Crippen LogP) is -0.219. The Morgan fingerprint density at radius 2 is 1.58 bits per heavy atom. The molecular weight excluding hydrogens is 239 g/mol. The van der Waals surface area contributed by atoms with E-state index in [9.17, 15) is 0 Å². The van der Waals surface area contributed by atoms with Gasteiger partial charge in [-0.05, 0) is 25.7 Å². The summed E-state index contributed by atoms with van der Waals surface area (Å²) in [5, 5.41) is 12.2. The summed E-state index contributed by atoms with van der Waals surface area (Å²) >= 11 is 0. The van der Waals surface area contributed by atoms with E-state index in [0.29, 0.717) is 0 Å². The van der Waals surface area contributed by atoms with Crippen LogP contribution < -0.4 is 5.32 Å². The number of hydrogen-bond acceptors (Lipinski definition) is 5. The third-order valence-electron chi connectivity index (χ3n) is 4.08. The van der Waals surface area contributed by atoms with Crippen molar-refractivity contribution in [3.63, 3.8) is 0 Å². The molecular formula is C13H25BN4O. The minimum absolute atomic E-state index is 0.282. The molecule has 2 aliphatic rings. The average molecular weight is 264 g/mol. The first-order chi connectivity index (χ1) is 9.38. The van der Waals surface area contributed by atoms with Gasteiger partial charge in [0.25, 0.3) is 6.71 Å². The highest BCUT2D eigenvalue weighted by Gasteiger charge is 2.21. The maximum Gasteiger partial charge on any atom is 0.270 e. The molecule has 0 aromatic carbocycles. The number of ether oxygens (including phenoxy) is 1. The van der Waals surface area contributed by atoms with E-state index in [-0.39, 0.29) is 6.71 Å². The van der Waals surface area contributed by atoms with Gasteiger partial charge in [-0.2, -0.15) is 0 Å². The van der Waals surface area contributed by atoms with Gasteiger partial charge in [0, 0.05) is 45.2 Å². The number of nitrogens with zero attached hydrogens (tertiary/aromatic N) is 3. The van der Waals surface area contributed by atoms with E-state index in [2.05, 4.69) is 21.1 Å². The minimum atomic E-state index is 0.282. The maximum atomic E-state index is 8.84. The summed E-state index contributed by atoms with van der Waals surface area (Å²) in [6.07, 6.45) is 2.05. The molecule has 0 atom stereocenters. The number of hydrogen-bond donors (Lipinski definition) is 1. The van der Waals surface area contributed by atoms with Crippen molar-refractivity contribution < 1.29 is 4.74 Å². The highest BCUT2D eigenvalue weighted by molar-refractivity contribution is 6.67. The zero-order valence-electron chi connectivity index (χ0n) is 11.8. The summed E-state index contributed by atoms with van der Waals surface area (Å²) in [4.78, 5) is 4.87. The molecule has 0 amide bonds. The fourth-order valence-corrected chi connectivity index (χ4v) is 2.71. The lowest BCUT2D eigenvalue weighted by Gasteiger charge is -2.28. The van der Waals surface area contributed by atoms with Crippen LogP contribution in [0.4, 0.5) is 0 Å². The van der Waals surface area contributed by atoms with Crippen LogP contribution in [0.15, 0.2) is 0 Å². The summed E-state index contributed by atoms with van der Waals surface area (Å²) in [6.45, 7) is 10.6. The van der Waals surface area contributed by atoms with Crippen molar-refractivity contribution >= 4 is 6.71 Å². The highest BCUT2D eigenvalue weighted by atomic mass is 16.5. The van der Waals surface area contributed by atoms with Crippen molar-refractivity contribution in [2.24, 2.45) is 0 Å². The van der Waals surface area contributed by atoms with E-state index in [0.717, 1.165) is 78.2 Å². The third-order valence-corrected chi connectivity index (χ3v) is 4.08. The summed E-state index contributed by atoms with van der Waals surface area (Å²) in [5.74, 6) is 2.37. The smallest absolute Gasteiger partial charge is 0.270 e. The third kappa shape index (κ3) is 5.49. The number of nitrogens with one attached hydrogen (secondary N) is 1. The minimum Gasteiger partial charge on any atom is -0.379 e. The molecule has 1 N–H and O–H groups in total. The van der Waals surface area contributed by atoms with Gasteiger partial charge in [-0.1, -0.05) is 0 Å². The summed E-state index contributed by atoms with van der Waals surface area (Å²) < 4.78 is 5.72. The summed E-state index contributed by atoms with van der Waals surface area (Å²) in [5.41, 5.74) is 0. The Morgan fingerprint density at radius 1 is 1.00 bits per heavy atom. The van der Waals surface area contributed by atoms with Gasteiger partial charge in [0.2, 0.25) is 0 Å². The van der Waals surface area contributed by atoms with E-state index in [4.69, 9.17) is 10.00 Å². The van der Waals surface area contributed by atoms with Crippen molar-refractivity contribution in [3.8, 4) is 5.97 Å². The Labute approximate surface area is 117 Å². The fraction of sp³-hybridized carbons (Fsp3) is 0.923. The number of piperazine rings is 1. The first-order valence-electron chi connectivity index (χ1n) is 7.51. The van der Waals surface area contributed by atoms with Crippen molar-refractivity contribution in [2.45, 2.75) is 12.6 Å². The Balaban J connectivity index is 1.45. The van der Waals surface area contributed by atoms with Crippen LogP contribution in [0.1, 0.15) is 0 Å². The maximum absolute atomic E-state index is 8.84. The van der Waals surface area contributed by atoms with Crippen LogP contribution in [0.5, 0.6) is 0 Å². The average Bonchev–Trinajstić information content (AvgIpc) is 2.49. The van der Waals surface area contributed by atoms with Gasteiger partial charge in [0.05, 0.1) is 13.2 Å². The molecule has 0 saturated carbocycles. The van der Waals surface area contributed by atoms with E-state index in [1.807, 2.05) is 0 Å². The van der Waals surface area contributed by atoms with Crippen LogP contribution in [0.3, 0.4) is 0 Å². The Morgan fingerprint density at radius 3 is 2.16 bits per heavy atom. The molecule has 2 rings (SSSR count). The molecule has 0 aliphatic carbocycles. The standard InChI is InChI=1S/C13H25BN4O/c15-13-14-1-5-17(6-2-14)9-11-19-12-10-18-7-3-16-4-8-18/h16H,1-12H2. The van der Waals surface area contributed by atoms with Gasteiger partial charge < -0.3 is 15.0 Å². The van der Waals surface area contributed by atoms with E-state index >= 15 is 0 Å². The molecule has 2 fully saturated rings. The van der Waals surface area contributed by atoms with Gasteiger partial charge in [-0.15, -0.1) is 0 Å². The molecule has 2 heterocycles. The molecule has 0 spiro atoms. The van der Waals surface area contributed by atoms with Crippen LogP contribution in [0.2, 0.25) is 12.6 Å². The molecule has 0 radical (unpaired) electrons. The van der Waals surface area contributed by atoms with Crippen LogP contribution in [-0.4, -0.2) is 82.1 Å². The lowest BCUT2D eigenvalue weighted by atomic mass is 9.45. The van der Waals surface area contributed by atoms with E-state index < -0.39 is 0 Å². The molecule has 2 saturated heterocycles. The lowest BCUT2D eigenvalue weighted by molar-refractivity contribution is 0.0812. The van der Waals surface area contributed by atoms with Gasteiger partial charge in [0.1, 0.15) is 0 Å². The van der Waals surface area contributed by atoms with Gasteiger partial charge in [-0.25, -0.2) is 5.26 Å². The predicted molar refractivity (Wildman–Crippen MR) is 77.5 cm³/mol. The topological polar surface area (TPSA) is 51.5 Å². The molecule has 106 valence electrons. The van der Waals surface area contributed by atoms with Crippen molar-refractivity contribution in [1.29, 1.82) is 5.26 Å². The zero-order chi connectivity index (χ0) is 13.3. The van der Waals surface area contributed by atoms with Crippen molar-refractivity contribution in [1.82, 2.24) is 15.1 Å². The second-order valence-electron chi connectivity index (χ2n) is 5.45. The monoisotopic (exact) mass is 264 g/mol. The largest absolute Gasteiger partial charge is 0.379 e. The number of nitriles is 1. The molecule has 0 aromatic heterocycles. The first-order valence-corrected chi connectivity index (χ1v) is 7.51. The van der Waals surface area contributed by atoms with E-state index in [1.165, 1.54) is 0 Å². The fourth-order valence-electron chi connectivity index (χ4n) is 2.71. The highest BCUT2D eigenvalue weighted by Crippen LogP contribution is 2.09. The first kappa shape index (κ1) is 14.8. The van der Waals surface area contributed by atoms with Crippen LogP contribution in [-0.2, 0) is 4.74 Å². The normalized spacial score (nSPS) is 22.4. The van der Waals surface area contributed by atoms with E-state index in [1.54, 1.807) is 0 Å². The van der Waals surface area contributed by atoms with Gasteiger partial charge in [0.15, 0.2) is 0 Å². The molecule has 19 heavy (non-hydrogen) atoms. The molecule has 5 nitrogen and oxygen atoms in total. The number of rotatable bonds is 6. The van der Waals surface area contributed by atoms with Crippen molar-refractivity contribution in [3.05, 3.63) is 0 Å². The summed E-state index contributed by atoms with van der Waals surface area (Å²) in [7, 11) is 0. The Kier molecular flexibility index (Phi) is 6.65. The molecule has 0 unspecified atom stereocenters. The summed E-state index contributed by atoms with van der Waals surface area (Å²) in [6, 6.07) is 0. The van der Waals surface area contributed by atoms with Gasteiger partial charge >= 0.3 is 0 Å². The zero-order valence-corrected chi connectivity index (χ0v) is 11.8. The van der Waals surface area contributed by atoms with Crippen LogP contribution >= 0.6 is 0 Å². The second-order valence-corrected chi connectivity index (χ2v) is 5.45.